The van der Waals surface area contributed by atoms with E-state index in [-0.39, 0.29) is 5.91 Å². The van der Waals surface area contributed by atoms with E-state index < -0.39 is 6.10 Å². The second-order valence-electron chi connectivity index (χ2n) is 5.22. The first-order valence-electron chi connectivity index (χ1n) is 7.99. The van der Waals surface area contributed by atoms with Crippen LogP contribution in [0.4, 0.5) is 5.69 Å². The number of anilines is 1. The molecular formula is C19H23NO5. The summed E-state index contributed by atoms with van der Waals surface area (Å²) in [6, 6.07) is 12.3. The van der Waals surface area contributed by atoms with Crippen molar-refractivity contribution in [1.29, 1.82) is 0 Å². The largest absolute Gasteiger partial charge is 0.494 e. The van der Waals surface area contributed by atoms with Gasteiger partial charge in [0.15, 0.2) is 17.6 Å². The average Bonchev–Trinajstić information content (AvgIpc) is 2.63. The van der Waals surface area contributed by atoms with Crippen LogP contribution in [0, 0.1) is 0 Å². The van der Waals surface area contributed by atoms with Crippen LogP contribution in [0.3, 0.4) is 0 Å². The Morgan fingerprint density at radius 3 is 2.24 bits per heavy atom. The highest BCUT2D eigenvalue weighted by atomic mass is 16.5. The molecule has 2 aromatic carbocycles. The summed E-state index contributed by atoms with van der Waals surface area (Å²) in [7, 11) is 3.10. The first kappa shape index (κ1) is 18.4. The number of benzene rings is 2. The molecule has 0 aliphatic carbocycles. The topological polar surface area (TPSA) is 66.0 Å². The van der Waals surface area contributed by atoms with Gasteiger partial charge in [0.2, 0.25) is 0 Å². The van der Waals surface area contributed by atoms with Crippen molar-refractivity contribution in [3.05, 3.63) is 42.5 Å². The number of hydrogen-bond acceptors (Lipinski definition) is 5. The lowest BCUT2D eigenvalue weighted by molar-refractivity contribution is -0.122. The molecule has 0 bridgehead atoms. The third kappa shape index (κ3) is 5.04. The van der Waals surface area contributed by atoms with Crippen LogP contribution in [0.5, 0.6) is 23.0 Å². The third-order valence-electron chi connectivity index (χ3n) is 3.47. The molecule has 2 aromatic rings. The number of ether oxygens (including phenoxy) is 4. The van der Waals surface area contributed by atoms with Crippen LogP contribution < -0.4 is 24.3 Å². The molecule has 1 unspecified atom stereocenters. The fourth-order valence-corrected chi connectivity index (χ4v) is 2.20. The van der Waals surface area contributed by atoms with Crippen LogP contribution in [0.2, 0.25) is 0 Å². The smallest absolute Gasteiger partial charge is 0.265 e. The van der Waals surface area contributed by atoms with Crippen molar-refractivity contribution in [1.82, 2.24) is 0 Å². The lowest BCUT2D eigenvalue weighted by atomic mass is 10.2. The molecule has 2 rings (SSSR count). The van der Waals surface area contributed by atoms with Crippen LogP contribution in [0.15, 0.2) is 42.5 Å². The number of rotatable bonds is 8. The van der Waals surface area contributed by atoms with Crippen molar-refractivity contribution in [3.63, 3.8) is 0 Å². The lowest BCUT2D eigenvalue weighted by Gasteiger charge is -2.16. The fourth-order valence-electron chi connectivity index (χ4n) is 2.20. The van der Waals surface area contributed by atoms with E-state index in [4.69, 9.17) is 18.9 Å². The van der Waals surface area contributed by atoms with E-state index in [9.17, 15) is 4.79 Å². The third-order valence-corrected chi connectivity index (χ3v) is 3.47. The Morgan fingerprint density at radius 2 is 1.64 bits per heavy atom. The summed E-state index contributed by atoms with van der Waals surface area (Å²) < 4.78 is 21.4. The van der Waals surface area contributed by atoms with Crippen LogP contribution in [-0.2, 0) is 4.79 Å². The SMILES string of the molecule is CCOc1ccc(OC(C)C(=O)Nc2ccc(OC)c(OC)c2)cc1. The van der Waals surface area contributed by atoms with Crippen LogP contribution in [0.25, 0.3) is 0 Å². The summed E-state index contributed by atoms with van der Waals surface area (Å²) >= 11 is 0. The molecule has 0 saturated heterocycles. The quantitative estimate of drug-likeness (QED) is 0.793. The summed E-state index contributed by atoms with van der Waals surface area (Å²) in [5.41, 5.74) is 0.602. The monoisotopic (exact) mass is 345 g/mol. The first-order chi connectivity index (χ1) is 12.1. The van der Waals surface area contributed by atoms with Gasteiger partial charge in [0.1, 0.15) is 11.5 Å². The number of methoxy groups -OCH3 is 2. The Kier molecular flexibility index (Phi) is 6.51. The minimum Gasteiger partial charge on any atom is -0.494 e. The number of carbonyl (C=O) groups is 1. The molecule has 0 heterocycles. The van der Waals surface area contributed by atoms with Crippen molar-refractivity contribution in [2.45, 2.75) is 20.0 Å². The normalized spacial score (nSPS) is 11.4. The van der Waals surface area contributed by atoms with Gasteiger partial charge in [0.05, 0.1) is 20.8 Å². The Bertz CT molecular complexity index is 699. The molecule has 1 amide bonds. The van der Waals surface area contributed by atoms with Gasteiger partial charge < -0.3 is 24.3 Å². The summed E-state index contributed by atoms with van der Waals surface area (Å²) in [4.78, 5) is 12.3. The lowest BCUT2D eigenvalue weighted by Crippen LogP contribution is -2.30. The molecule has 6 nitrogen and oxygen atoms in total. The summed E-state index contributed by atoms with van der Waals surface area (Å²) in [6.07, 6.45) is -0.661. The number of hydrogen-bond donors (Lipinski definition) is 1. The van der Waals surface area contributed by atoms with Gasteiger partial charge in [-0.25, -0.2) is 0 Å². The zero-order chi connectivity index (χ0) is 18.2. The van der Waals surface area contributed by atoms with Crippen molar-refractivity contribution >= 4 is 11.6 Å². The summed E-state index contributed by atoms with van der Waals surface area (Å²) in [5.74, 6) is 2.23. The molecule has 0 saturated carbocycles. The van der Waals surface area contributed by atoms with Gasteiger partial charge in [0, 0.05) is 11.8 Å². The van der Waals surface area contributed by atoms with E-state index in [2.05, 4.69) is 5.32 Å². The van der Waals surface area contributed by atoms with Gasteiger partial charge in [0.25, 0.3) is 5.91 Å². The molecule has 0 aliphatic rings. The maximum atomic E-state index is 12.3. The minimum atomic E-state index is -0.661. The Balaban J connectivity index is 1.98. The minimum absolute atomic E-state index is 0.263. The second kappa shape index (κ2) is 8.82. The molecule has 0 aliphatic heterocycles. The molecular weight excluding hydrogens is 322 g/mol. The van der Waals surface area contributed by atoms with Crippen molar-refractivity contribution < 1.29 is 23.7 Å². The number of carbonyl (C=O) groups excluding carboxylic acids is 1. The molecule has 25 heavy (non-hydrogen) atoms. The molecule has 6 heteroatoms. The van der Waals surface area contributed by atoms with Crippen molar-refractivity contribution in [2.75, 3.05) is 26.1 Å². The van der Waals surface area contributed by atoms with Crippen LogP contribution in [-0.4, -0.2) is 32.8 Å². The second-order valence-corrected chi connectivity index (χ2v) is 5.22. The standard InChI is InChI=1S/C19H23NO5/c1-5-24-15-7-9-16(10-8-15)25-13(2)19(21)20-14-6-11-17(22-3)18(12-14)23-4/h6-13H,5H2,1-4H3,(H,20,21). The molecule has 0 spiro atoms. The molecule has 1 atom stereocenters. The molecule has 0 aromatic heterocycles. The van der Waals surface area contributed by atoms with E-state index in [1.165, 1.54) is 0 Å². The maximum absolute atomic E-state index is 12.3. The molecule has 0 radical (unpaired) electrons. The zero-order valence-corrected chi connectivity index (χ0v) is 14.9. The molecule has 134 valence electrons. The highest BCUT2D eigenvalue weighted by Crippen LogP contribution is 2.29. The summed E-state index contributed by atoms with van der Waals surface area (Å²) in [6.45, 7) is 4.21. The van der Waals surface area contributed by atoms with Crippen molar-refractivity contribution in [3.8, 4) is 23.0 Å². The van der Waals surface area contributed by atoms with Gasteiger partial charge in [-0.2, -0.15) is 0 Å². The first-order valence-corrected chi connectivity index (χ1v) is 7.99. The Labute approximate surface area is 147 Å². The van der Waals surface area contributed by atoms with E-state index in [0.717, 1.165) is 5.75 Å². The predicted molar refractivity (Wildman–Crippen MR) is 95.9 cm³/mol. The molecule has 1 N–H and O–H groups in total. The van der Waals surface area contributed by atoms with Crippen LogP contribution >= 0.6 is 0 Å². The maximum Gasteiger partial charge on any atom is 0.265 e. The van der Waals surface area contributed by atoms with Crippen LogP contribution in [0.1, 0.15) is 13.8 Å². The molecule has 0 fully saturated rings. The Morgan fingerprint density at radius 1 is 1.00 bits per heavy atom. The zero-order valence-electron chi connectivity index (χ0n) is 14.9. The Hall–Kier alpha value is -2.89. The van der Waals surface area contributed by atoms with E-state index in [1.807, 2.05) is 6.92 Å². The van der Waals surface area contributed by atoms with E-state index in [0.29, 0.717) is 29.5 Å². The number of nitrogens with one attached hydrogen (secondary N) is 1. The highest BCUT2D eigenvalue weighted by molar-refractivity contribution is 5.94. The fraction of sp³-hybridized carbons (Fsp3) is 0.316. The van der Waals surface area contributed by atoms with Gasteiger partial charge in [-0.3, -0.25) is 4.79 Å². The van der Waals surface area contributed by atoms with Gasteiger partial charge in [-0.05, 0) is 50.2 Å². The average molecular weight is 345 g/mol. The van der Waals surface area contributed by atoms with E-state index >= 15 is 0 Å². The predicted octanol–water partition coefficient (Wildman–Crippen LogP) is 3.51. The van der Waals surface area contributed by atoms with Crippen molar-refractivity contribution in [2.24, 2.45) is 0 Å². The number of amides is 1. The van der Waals surface area contributed by atoms with E-state index in [1.54, 1.807) is 63.6 Å². The van der Waals surface area contributed by atoms with Gasteiger partial charge >= 0.3 is 0 Å². The van der Waals surface area contributed by atoms with Gasteiger partial charge in [-0.1, -0.05) is 0 Å². The summed E-state index contributed by atoms with van der Waals surface area (Å²) in [5, 5.41) is 2.80. The van der Waals surface area contributed by atoms with Gasteiger partial charge in [-0.15, -0.1) is 0 Å². The highest BCUT2D eigenvalue weighted by Gasteiger charge is 2.16.